The van der Waals surface area contributed by atoms with Crippen molar-refractivity contribution in [3.63, 3.8) is 0 Å². The van der Waals surface area contributed by atoms with Crippen molar-refractivity contribution in [1.82, 2.24) is 24.8 Å². The van der Waals surface area contributed by atoms with Crippen molar-refractivity contribution in [2.45, 2.75) is 48.4 Å². The quantitative estimate of drug-likeness (QED) is 0.567. The highest BCUT2D eigenvalue weighted by molar-refractivity contribution is 7.99. The maximum atomic E-state index is 13.4. The van der Waals surface area contributed by atoms with E-state index in [1.807, 2.05) is 0 Å². The number of rotatable bonds is 6. The number of carbonyl (C=O) groups excluding carboxylic acids is 4. The predicted molar refractivity (Wildman–Crippen MR) is 122 cm³/mol. The molecule has 2 aromatic rings. The minimum absolute atomic E-state index is 0.130. The number of thioether (sulfide) groups is 1. The van der Waals surface area contributed by atoms with Gasteiger partial charge in [0, 0.05) is 30.5 Å². The molecule has 3 fully saturated rings. The van der Waals surface area contributed by atoms with Crippen LogP contribution in [0, 0.1) is 5.82 Å². The van der Waals surface area contributed by atoms with Crippen molar-refractivity contribution in [2.75, 3.05) is 13.1 Å². The number of hydrogen-bond acceptors (Lipinski definition) is 7. The Balaban J connectivity index is 1.30. The standard InChI is InChI=1S/C22H24FN7O4S/c23-12-3-1-11(2-4-12)10-35-14-5-6-28-16(8-14)22(34)29-9-13(7-15(29)21(28)33)30-18(20(25)32)17(19(24)31)26-27-30/h1-4,13-16H,5-10H2,(H2,24,31)(H2,25,32)/t13-,14+,15-,16-/m0/s1. The zero-order chi connectivity index (χ0) is 24.9. The van der Waals surface area contributed by atoms with Crippen molar-refractivity contribution in [3.05, 3.63) is 47.0 Å². The summed E-state index contributed by atoms with van der Waals surface area (Å²) < 4.78 is 14.4. The second-order valence-electron chi connectivity index (χ2n) is 8.99. The van der Waals surface area contributed by atoms with Crippen molar-refractivity contribution < 1.29 is 23.6 Å². The molecule has 0 saturated carbocycles. The van der Waals surface area contributed by atoms with Gasteiger partial charge in [-0.3, -0.25) is 19.2 Å². The maximum Gasteiger partial charge on any atom is 0.271 e. The number of primary amides is 2. The Labute approximate surface area is 204 Å². The van der Waals surface area contributed by atoms with E-state index in [-0.39, 0.29) is 47.2 Å². The minimum atomic E-state index is -0.936. The van der Waals surface area contributed by atoms with Crippen LogP contribution in [-0.2, 0) is 15.3 Å². The zero-order valence-electron chi connectivity index (χ0n) is 18.7. The topological polar surface area (TPSA) is 158 Å². The molecule has 0 unspecified atom stereocenters. The molecule has 1 aromatic heterocycles. The first-order valence-corrected chi connectivity index (χ1v) is 12.3. The van der Waals surface area contributed by atoms with E-state index in [1.165, 1.54) is 21.7 Å². The van der Waals surface area contributed by atoms with Crippen LogP contribution in [0.15, 0.2) is 24.3 Å². The maximum absolute atomic E-state index is 13.4. The normalized spacial score (nSPS) is 26.0. The number of amides is 4. The number of piperidine rings is 1. The first kappa shape index (κ1) is 23.3. The highest BCUT2D eigenvalue weighted by atomic mass is 32.2. The number of nitrogens with zero attached hydrogens (tertiary/aromatic N) is 5. The summed E-state index contributed by atoms with van der Waals surface area (Å²) in [6.07, 6.45) is 1.53. The molecule has 0 bridgehead atoms. The molecule has 184 valence electrons. The van der Waals surface area contributed by atoms with E-state index < -0.39 is 29.9 Å². The Bertz CT molecular complexity index is 1200. The van der Waals surface area contributed by atoms with Crippen molar-refractivity contribution in [2.24, 2.45) is 11.5 Å². The number of nitrogens with two attached hydrogens (primary N) is 2. The fourth-order valence-corrected chi connectivity index (χ4v) is 6.38. The minimum Gasteiger partial charge on any atom is -0.364 e. The highest BCUT2D eigenvalue weighted by Gasteiger charge is 2.52. The van der Waals surface area contributed by atoms with Crippen molar-refractivity contribution >= 4 is 35.4 Å². The molecule has 4 N–H and O–H groups in total. The number of fused-ring (bicyclic) bond motifs is 2. The van der Waals surface area contributed by atoms with E-state index in [0.717, 1.165) is 12.0 Å². The lowest BCUT2D eigenvalue weighted by atomic mass is 9.95. The van der Waals surface area contributed by atoms with Gasteiger partial charge in [-0.25, -0.2) is 9.07 Å². The summed E-state index contributed by atoms with van der Waals surface area (Å²) in [5.74, 6) is -1.70. The predicted octanol–water partition coefficient (Wildman–Crippen LogP) is 0.0636. The fraction of sp³-hybridized carbons (Fsp3) is 0.455. The second-order valence-corrected chi connectivity index (χ2v) is 10.3. The number of halogens is 1. The molecule has 4 amide bonds. The first-order valence-electron chi connectivity index (χ1n) is 11.3. The van der Waals surface area contributed by atoms with Crippen molar-refractivity contribution in [3.8, 4) is 0 Å². The first-order chi connectivity index (χ1) is 16.7. The van der Waals surface area contributed by atoms with Crippen LogP contribution in [0.3, 0.4) is 0 Å². The van der Waals surface area contributed by atoms with Gasteiger partial charge in [0.05, 0.1) is 6.04 Å². The molecule has 0 aliphatic carbocycles. The van der Waals surface area contributed by atoms with Gasteiger partial charge in [-0.1, -0.05) is 17.3 Å². The van der Waals surface area contributed by atoms with Gasteiger partial charge in [0.25, 0.3) is 11.8 Å². The average molecular weight is 502 g/mol. The summed E-state index contributed by atoms with van der Waals surface area (Å²) in [7, 11) is 0. The van der Waals surface area contributed by atoms with Crippen LogP contribution in [0.1, 0.15) is 51.8 Å². The Hall–Kier alpha value is -3.48. The van der Waals surface area contributed by atoms with Crippen molar-refractivity contribution in [1.29, 1.82) is 0 Å². The van der Waals surface area contributed by atoms with Crippen LogP contribution in [0.25, 0.3) is 0 Å². The molecular formula is C22H24FN7O4S. The number of benzene rings is 1. The summed E-state index contributed by atoms with van der Waals surface area (Å²) in [5.41, 5.74) is 11.2. The number of carbonyl (C=O) groups is 4. The van der Waals surface area contributed by atoms with E-state index in [4.69, 9.17) is 11.5 Å². The monoisotopic (exact) mass is 501 g/mol. The van der Waals surface area contributed by atoms with E-state index in [9.17, 15) is 23.6 Å². The number of hydrogen-bond donors (Lipinski definition) is 2. The second kappa shape index (κ2) is 8.95. The highest BCUT2D eigenvalue weighted by Crippen LogP contribution is 2.38. The summed E-state index contributed by atoms with van der Waals surface area (Å²) in [4.78, 5) is 53.5. The number of piperazine rings is 1. The van der Waals surface area contributed by atoms with Gasteiger partial charge in [-0.05, 0) is 30.5 Å². The number of aromatic nitrogens is 3. The van der Waals surface area contributed by atoms with Gasteiger partial charge in [0.15, 0.2) is 11.4 Å². The SMILES string of the molecule is NC(=O)c1nnn([C@H]2C[C@H]3C(=O)N4CC[C@@H](SCc5ccc(F)cc5)C[C@H]4C(=O)N3C2)c1C(N)=O. The molecule has 35 heavy (non-hydrogen) atoms. The van der Waals surface area contributed by atoms with E-state index in [2.05, 4.69) is 10.3 Å². The molecule has 4 heterocycles. The van der Waals surface area contributed by atoms with Crippen LogP contribution in [-0.4, -0.2) is 78.8 Å². The summed E-state index contributed by atoms with van der Waals surface area (Å²) in [5, 5.41) is 7.75. The van der Waals surface area contributed by atoms with E-state index in [0.29, 0.717) is 18.7 Å². The molecule has 3 saturated heterocycles. The molecule has 1 aromatic carbocycles. The summed E-state index contributed by atoms with van der Waals surface area (Å²) in [6.45, 7) is 0.627. The Morgan fingerprint density at radius 2 is 1.71 bits per heavy atom. The average Bonchev–Trinajstić information content (AvgIpc) is 3.47. The van der Waals surface area contributed by atoms with Crippen LogP contribution in [0.4, 0.5) is 4.39 Å². The van der Waals surface area contributed by atoms with Gasteiger partial charge in [0.2, 0.25) is 11.8 Å². The molecule has 0 radical (unpaired) electrons. The van der Waals surface area contributed by atoms with Gasteiger partial charge in [0.1, 0.15) is 17.9 Å². The van der Waals surface area contributed by atoms with Crippen LogP contribution < -0.4 is 11.5 Å². The van der Waals surface area contributed by atoms with Gasteiger partial charge >= 0.3 is 0 Å². The Morgan fingerprint density at radius 3 is 2.40 bits per heavy atom. The summed E-state index contributed by atoms with van der Waals surface area (Å²) >= 11 is 1.70. The molecule has 3 aliphatic rings. The lowest BCUT2D eigenvalue weighted by molar-refractivity contribution is -0.161. The third-order valence-corrected chi connectivity index (χ3v) is 8.28. The molecule has 4 atom stereocenters. The third-order valence-electron chi connectivity index (χ3n) is 6.88. The lowest BCUT2D eigenvalue weighted by Gasteiger charge is -2.46. The van der Waals surface area contributed by atoms with Crippen LogP contribution in [0.2, 0.25) is 0 Å². The smallest absolute Gasteiger partial charge is 0.271 e. The Kier molecular flexibility index (Phi) is 5.95. The van der Waals surface area contributed by atoms with Gasteiger partial charge in [-0.15, -0.1) is 5.10 Å². The van der Waals surface area contributed by atoms with Crippen LogP contribution >= 0.6 is 11.8 Å². The van der Waals surface area contributed by atoms with E-state index >= 15 is 0 Å². The van der Waals surface area contributed by atoms with Gasteiger partial charge < -0.3 is 21.3 Å². The zero-order valence-corrected chi connectivity index (χ0v) is 19.5. The molecule has 0 spiro atoms. The molecular weight excluding hydrogens is 477 g/mol. The lowest BCUT2D eigenvalue weighted by Crippen LogP contribution is -2.65. The molecule has 3 aliphatic heterocycles. The van der Waals surface area contributed by atoms with Gasteiger partial charge in [-0.2, -0.15) is 11.8 Å². The fourth-order valence-electron chi connectivity index (χ4n) is 5.17. The molecule has 11 nitrogen and oxygen atoms in total. The summed E-state index contributed by atoms with van der Waals surface area (Å²) in [6, 6.07) is 4.58. The Morgan fingerprint density at radius 1 is 1.03 bits per heavy atom. The molecule has 13 heteroatoms. The van der Waals surface area contributed by atoms with E-state index in [1.54, 1.807) is 28.8 Å². The van der Waals surface area contributed by atoms with Crippen LogP contribution in [0.5, 0.6) is 0 Å². The largest absolute Gasteiger partial charge is 0.364 e. The molecule has 5 rings (SSSR count). The third kappa shape index (κ3) is 4.13.